The summed E-state index contributed by atoms with van der Waals surface area (Å²) in [5.41, 5.74) is 9.46. The molecule has 0 aliphatic carbocycles. The van der Waals surface area contributed by atoms with E-state index >= 15 is 0 Å². The molecular weight excluding hydrogens is 236 g/mol. The molecule has 0 fully saturated rings. The molecule has 0 aliphatic rings. The van der Waals surface area contributed by atoms with Crippen molar-refractivity contribution in [3.05, 3.63) is 41.1 Å². The van der Waals surface area contributed by atoms with E-state index in [1.54, 1.807) is 0 Å². The number of hydrogen-bond acceptors (Lipinski definition) is 2. The molecule has 0 atom stereocenters. The Kier molecular flexibility index (Phi) is 4.15. The zero-order valence-corrected chi connectivity index (χ0v) is 11.6. The van der Waals surface area contributed by atoms with E-state index < -0.39 is 0 Å². The number of aryl methyl sites for hydroxylation is 2. The van der Waals surface area contributed by atoms with Crippen LogP contribution in [0.25, 0.3) is 10.9 Å². The quantitative estimate of drug-likeness (QED) is 0.894. The number of amides is 1. The van der Waals surface area contributed by atoms with Crippen LogP contribution in [0.15, 0.2) is 24.3 Å². The standard InChI is InChI=1S/C16H20N2O/c1-3-4-5-12-6-7-15-14(9-12)13(10-16(17)19)8-11(2)18-15/h6-9H,3-5,10H2,1-2H3,(H2,17,19). The average molecular weight is 256 g/mol. The Hall–Kier alpha value is -1.90. The zero-order valence-electron chi connectivity index (χ0n) is 11.6. The maximum atomic E-state index is 11.2. The molecule has 2 aromatic rings. The van der Waals surface area contributed by atoms with Crippen LogP contribution < -0.4 is 5.73 Å². The minimum atomic E-state index is -0.300. The first-order chi connectivity index (χ1) is 9.10. The summed E-state index contributed by atoms with van der Waals surface area (Å²) in [4.78, 5) is 15.7. The molecule has 1 aromatic carbocycles. The minimum Gasteiger partial charge on any atom is -0.369 e. The maximum Gasteiger partial charge on any atom is 0.221 e. The van der Waals surface area contributed by atoms with Gasteiger partial charge in [-0.15, -0.1) is 0 Å². The molecule has 1 heterocycles. The van der Waals surface area contributed by atoms with Gasteiger partial charge in [-0.1, -0.05) is 19.4 Å². The van der Waals surface area contributed by atoms with Crippen LogP contribution in [0, 0.1) is 6.92 Å². The third kappa shape index (κ3) is 3.31. The van der Waals surface area contributed by atoms with Crippen molar-refractivity contribution in [2.24, 2.45) is 5.73 Å². The van der Waals surface area contributed by atoms with Crippen LogP contribution in [0.3, 0.4) is 0 Å². The molecule has 100 valence electrons. The van der Waals surface area contributed by atoms with Crippen molar-refractivity contribution < 1.29 is 4.79 Å². The number of rotatable bonds is 5. The molecule has 1 amide bonds. The molecule has 2 rings (SSSR count). The Morgan fingerprint density at radius 3 is 2.79 bits per heavy atom. The fourth-order valence-corrected chi connectivity index (χ4v) is 2.36. The molecule has 0 saturated carbocycles. The van der Waals surface area contributed by atoms with E-state index in [0.717, 1.165) is 28.6 Å². The normalized spacial score (nSPS) is 10.8. The second kappa shape index (κ2) is 5.83. The molecule has 0 unspecified atom stereocenters. The molecule has 3 heteroatoms. The van der Waals surface area contributed by atoms with E-state index in [-0.39, 0.29) is 12.3 Å². The van der Waals surface area contributed by atoms with Gasteiger partial charge in [0.05, 0.1) is 11.9 Å². The molecule has 0 spiro atoms. The molecule has 2 N–H and O–H groups in total. The Morgan fingerprint density at radius 1 is 1.32 bits per heavy atom. The fourth-order valence-electron chi connectivity index (χ4n) is 2.36. The number of pyridine rings is 1. The lowest BCUT2D eigenvalue weighted by molar-refractivity contribution is -0.117. The van der Waals surface area contributed by atoms with Crippen LogP contribution in [0.1, 0.15) is 36.6 Å². The van der Waals surface area contributed by atoms with Crippen molar-refractivity contribution in [3.63, 3.8) is 0 Å². The largest absolute Gasteiger partial charge is 0.369 e. The van der Waals surface area contributed by atoms with Crippen molar-refractivity contribution in [2.75, 3.05) is 0 Å². The monoisotopic (exact) mass is 256 g/mol. The van der Waals surface area contributed by atoms with Crippen LogP contribution in [-0.2, 0) is 17.6 Å². The molecule has 1 aromatic heterocycles. The Morgan fingerprint density at radius 2 is 2.11 bits per heavy atom. The summed E-state index contributed by atoms with van der Waals surface area (Å²) in [7, 11) is 0. The molecule has 0 bridgehead atoms. The van der Waals surface area contributed by atoms with E-state index in [4.69, 9.17) is 5.73 Å². The van der Waals surface area contributed by atoms with Crippen molar-refractivity contribution in [1.82, 2.24) is 4.98 Å². The van der Waals surface area contributed by atoms with Gasteiger partial charge in [-0.2, -0.15) is 0 Å². The van der Waals surface area contributed by atoms with Crippen molar-refractivity contribution in [1.29, 1.82) is 0 Å². The lowest BCUT2D eigenvalue weighted by Crippen LogP contribution is -2.14. The van der Waals surface area contributed by atoms with Crippen LogP contribution >= 0.6 is 0 Å². The van der Waals surface area contributed by atoms with Gasteiger partial charge in [0, 0.05) is 11.1 Å². The van der Waals surface area contributed by atoms with E-state index in [0.29, 0.717) is 0 Å². The van der Waals surface area contributed by atoms with Gasteiger partial charge in [0.25, 0.3) is 0 Å². The molecule has 3 nitrogen and oxygen atoms in total. The number of fused-ring (bicyclic) bond motifs is 1. The lowest BCUT2D eigenvalue weighted by Gasteiger charge is -2.08. The number of primary amides is 1. The van der Waals surface area contributed by atoms with Crippen molar-refractivity contribution in [3.8, 4) is 0 Å². The summed E-state index contributed by atoms with van der Waals surface area (Å²) in [6.07, 6.45) is 3.70. The highest BCUT2D eigenvalue weighted by Gasteiger charge is 2.07. The van der Waals surface area contributed by atoms with Gasteiger partial charge >= 0.3 is 0 Å². The summed E-state index contributed by atoms with van der Waals surface area (Å²) < 4.78 is 0. The molecule has 0 saturated heterocycles. The third-order valence-electron chi connectivity index (χ3n) is 3.27. The molecule has 0 aliphatic heterocycles. The number of carbonyl (C=O) groups excluding carboxylic acids is 1. The van der Waals surface area contributed by atoms with Crippen LogP contribution in [0.2, 0.25) is 0 Å². The second-order valence-corrected chi connectivity index (χ2v) is 5.02. The maximum absolute atomic E-state index is 11.2. The number of unbranched alkanes of at least 4 members (excludes halogenated alkanes) is 1. The number of carbonyl (C=O) groups is 1. The number of nitrogens with zero attached hydrogens (tertiary/aromatic N) is 1. The Labute approximate surface area is 113 Å². The van der Waals surface area contributed by atoms with Gasteiger partial charge in [0.15, 0.2) is 0 Å². The second-order valence-electron chi connectivity index (χ2n) is 5.02. The topological polar surface area (TPSA) is 56.0 Å². The smallest absolute Gasteiger partial charge is 0.221 e. The minimum absolute atomic E-state index is 0.275. The first-order valence-corrected chi connectivity index (χ1v) is 6.77. The van der Waals surface area contributed by atoms with Gasteiger partial charge in [-0.3, -0.25) is 9.78 Å². The van der Waals surface area contributed by atoms with E-state index in [1.807, 2.05) is 19.1 Å². The Balaban J connectivity index is 2.48. The number of nitrogens with two attached hydrogens (primary N) is 1. The lowest BCUT2D eigenvalue weighted by atomic mass is 10.00. The number of aromatic nitrogens is 1. The third-order valence-corrected chi connectivity index (χ3v) is 3.27. The zero-order chi connectivity index (χ0) is 13.8. The SMILES string of the molecule is CCCCc1ccc2nc(C)cc(CC(N)=O)c2c1. The number of benzene rings is 1. The summed E-state index contributed by atoms with van der Waals surface area (Å²) >= 11 is 0. The highest BCUT2D eigenvalue weighted by Crippen LogP contribution is 2.21. The highest BCUT2D eigenvalue weighted by atomic mass is 16.1. The van der Waals surface area contributed by atoms with Crippen LogP contribution in [0.5, 0.6) is 0 Å². The van der Waals surface area contributed by atoms with E-state index in [9.17, 15) is 4.79 Å². The van der Waals surface area contributed by atoms with Crippen LogP contribution in [0.4, 0.5) is 0 Å². The summed E-state index contributed by atoms with van der Waals surface area (Å²) in [5, 5.41) is 1.05. The average Bonchev–Trinajstić information content (AvgIpc) is 2.35. The fraction of sp³-hybridized carbons (Fsp3) is 0.375. The molecule has 19 heavy (non-hydrogen) atoms. The predicted molar refractivity (Wildman–Crippen MR) is 78.0 cm³/mol. The molecular formula is C16H20N2O. The summed E-state index contributed by atoms with van der Waals surface area (Å²) in [6.45, 7) is 4.12. The van der Waals surface area contributed by atoms with Gasteiger partial charge in [0.1, 0.15) is 0 Å². The van der Waals surface area contributed by atoms with Crippen LogP contribution in [-0.4, -0.2) is 10.9 Å². The van der Waals surface area contributed by atoms with Gasteiger partial charge < -0.3 is 5.73 Å². The van der Waals surface area contributed by atoms with E-state index in [2.05, 4.69) is 24.0 Å². The van der Waals surface area contributed by atoms with Gasteiger partial charge in [0.2, 0.25) is 5.91 Å². The van der Waals surface area contributed by atoms with Crippen molar-refractivity contribution >= 4 is 16.8 Å². The van der Waals surface area contributed by atoms with E-state index in [1.165, 1.54) is 18.4 Å². The Bertz CT molecular complexity index is 605. The number of hydrogen-bond donors (Lipinski definition) is 1. The van der Waals surface area contributed by atoms with Crippen molar-refractivity contribution in [2.45, 2.75) is 39.5 Å². The highest BCUT2D eigenvalue weighted by molar-refractivity contribution is 5.88. The first-order valence-electron chi connectivity index (χ1n) is 6.77. The van der Waals surface area contributed by atoms with Gasteiger partial charge in [-0.05, 0) is 49.1 Å². The summed E-state index contributed by atoms with van der Waals surface area (Å²) in [5.74, 6) is -0.300. The molecule has 0 radical (unpaired) electrons. The predicted octanol–water partition coefficient (Wildman–Crippen LogP) is 2.91. The summed E-state index contributed by atoms with van der Waals surface area (Å²) in [6, 6.07) is 8.27. The van der Waals surface area contributed by atoms with Gasteiger partial charge in [-0.25, -0.2) is 0 Å². The first kappa shape index (κ1) is 13.5.